The summed E-state index contributed by atoms with van der Waals surface area (Å²) in [5.74, 6) is -0.880. The van der Waals surface area contributed by atoms with Gasteiger partial charge in [-0.3, -0.25) is 9.59 Å². The maximum absolute atomic E-state index is 11.9. The number of amides is 1. The lowest BCUT2D eigenvalue weighted by Crippen LogP contribution is -2.38. The zero-order chi connectivity index (χ0) is 13.5. The van der Waals surface area contributed by atoms with Crippen molar-refractivity contribution in [3.8, 4) is 0 Å². The molecule has 1 aliphatic rings. The summed E-state index contributed by atoms with van der Waals surface area (Å²) < 4.78 is 0. The summed E-state index contributed by atoms with van der Waals surface area (Å²) in [4.78, 5) is 24.8. The van der Waals surface area contributed by atoms with Gasteiger partial charge in [0.05, 0.1) is 5.92 Å². The second-order valence-electron chi connectivity index (χ2n) is 5.07. The third kappa shape index (κ3) is 4.64. The molecule has 0 aromatic rings. The molecule has 1 rings (SSSR count). The van der Waals surface area contributed by atoms with E-state index in [9.17, 15) is 9.59 Å². The first kappa shape index (κ1) is 15.0. The molecule has 0 bridgehead atoms. The molecule has 0 atom stereocenters. The molecule has 0 aromatic heterocycles. The van der Waals surface area contributed by atoms with Gasteiger partial charge >= 0.3 is 5.97 Å². The Labute approximate surface area is 109 Å². The van der Waals surface area contributed by atoms with Crippen LogP contribution in [0.5, 0.6) is 0 Å². The normalized spacial score (nSPS) is 23.9. The predicted octanol–water partition coefficient (Wildman–Crippen LogP) is 0.945. The van der Waals surface area contributed by atoms with Gasteiger partial charge < -0.3 is 15.3 Å². The number of carboxylic acids is 1. The quantitative estimate of drug-likeness (QED) is 0.742. The Hall–Kier alpha value is -1.10. The van der Waals surface area contributed by atoms with Gasteiger partial charge in [-0.1, -0.05) is 6.92 Å². The molecule has 0 spiro atoms. The standard InChI is InChI=1S/C13H24N2O3/c1-3-15(2)9-8-14-12(16)10-4-6-11(7-5-10)13(17)18/h10-11H,3-9H2,1-2H3,(H,14,16)(H,17,18). The molecule has 5 nitrogen and oxygen atoms in total. The van der Waals surface area contributed by atoms with E-state index in [-0.39, 0.29) is 17.7 Å². The van der Waals surface area contributed by atoms with Crippen LogP contribution in [-0.2, 0) is 9.59 Å². The molecule has 0 heterocycles. The minimum Gasteiger partial charge on any atom is -0.481 e. The molecule has 2 N–H and O–H groups in total. The van der Waals surface area contributed by atoms with Crippen molar-refractivity contribution in [1.29, 1.82) is 0 Å². The number of rotatable bonds is 6. The van der Waals surface area contributed by atoms with Gasteiger partial charge in [0.15, 0.2) is 0 Å². The SMILES string of the molecule is CCN(C)CCNC(=O)C1CCC(C(=O)O)CC1. The van der Waals surface area contributed by atoms with E-state index >= 15 is 0 Å². The Balaban J connectivity index is 2.22. The molecule has 1 amide bonds. The van der Waals surface area contributed by atoms with Crippen molar-refractivity contribution in [2.75, 3.05) is 26.7 Å². The topological polar surface area (TPSA) is 69.6 Å². The molecule has 1 saturated carbocycles. The highest BCUT2D eigenvalue weighted by Gasteiger charge is 2.29. The summed E-state index contributed by atoms with van der Waals surface area (Å²) in [6, 6.07) is 0. The van der Waals surface area contributed by atoms with Gasteiger partial charge in [0.1, 0.15) is 0 Å². The van der Waals surface area contributed by atoms with Gasteiger partial charge in [-0.15, -0.1) is 0 Å². The van der Waals surface area contributed by atoms with Crippen LogP contribution in [0.4, 0.5) is 0 Å². The lowest BCUT2D eigenvalue weighted by molar-refractivity contribution is -0.144. The van der Waals surface area contributed by atoms with Crippen molar-refractivity contribution in [2.45, 2.75) is 32.6 Å². The predicted molar refractivity (Wildman–Crippen MR) is 69.3 cm³/mol. The van der Waals surface area contributed by atoms with Crippen molar-refractivity contribution < 1.29 is 14.7 Å². The molecule has 1 fully saturated rings. The Kier molecular flexibility index (Phi) is 6.12. The van der Waals surface area contributed by atoms with E-state index in [4.69, 9.17) is 5.11 Å². The van der Waals surface area contributed by atoms with E-state index < -0.39 is 5.97 Å². The fraction of sp³-hybridized carbons (Fsp3) is 0.846. The summed E-state index contributed by atoms with van der Waals surface area (Å²) in [5.41, 5.74) is 0. The van der Waals surface area contributed by atoms with Crippen molar-refractivity contribution in [1.82, 2.24) is 10.2 Å². The molecule has 1 aliphatic carbocycles. The van der Waals surface area contributed by atoms with Crippen LogP contribution in [0, 0.1) is 11.8 Å². The van der Waals surface area contributed by atoms with Crippen molar-refractivity contribution in [3.63, 3.8) is 0 Å². The fourth-order valence-electron chi connectivity index (χ4n) is 2.27. The second kappa shape index (κ2) is 7.36. The molecule has 18 heavy (non-hydrogen) atoms. The highest BCUT2D eigenvalue weighted by atomic mass is 16.4. The van der Waals surface area contributed by atoms with Gasteiger partial charge in [0.2, 0.25) is 5.91 Å². The van der Waals surface area contributed by atoms with Gasteiger partial charge in [-0.05, 0) is 39.3 Å². The monoisotopic (exact) mass is 256 g/mol. The summed E-state index contributed by atoms with van der Waals surface area (Å²) in [7, 11) is 2.02. The summed E-state index contributed by atoms with van der Waals surface area (Å²) in [6.45, 7) is 4.57. The molecule has 0 aromatic carbocycles. The van der Waals surface area contributed by atoms with E-state index in [0.29, 0.717) is 32.2 Å². The molecule has 5 heteroatoms. The first-order valence-corrected chi connectivity index (χ1v) is 6.73. The first-order chi connectivity index (χ1) is 8.54. The number of carbonyl (C=O) groups is 2. The van der Waals surface area contributed by atoms with E-state index in [1.54, 1.807) is 0 Å². The highest BCUT2D eigenvalue weighted by Crippen LogP contribution is 2.28. The summed E-state index contributed by atoms with van der Waals surface area (Å²) in [6.07, 6.45) is 2.66. The molecule has 0 radical (unpaired) electrons. The number of aliphatic carboxylic acids is 1. The number of likely N-dealkylation sites (N-methyl/N-ethyl adjacent to an activating group) is 1. The minimum absolute atomic E-state index is 0.00697. The first-order valence-electron chi connectivity index (χ1n) is 6.73. The Morgan fingerprint density at radius 3 is 2.28 bits per heavy atom. The minimum atomic E-state index is -0.724. The molecule has 104 valence electrons. The number of nitrogens with zero attached hydrogens (tertiary/aromatic N) is 1. The maximum atomic E-state index is 11.9. The van der Waals surface area contributed by atoms with Crippen molar-refractivity contribution in [2.24, 2.45) is 11.8 Å². The van der Waals surface area contributed by atoms with Crippen LogP contribution in [0.1, 0.15) is 32.6 Å². The number of carbonyl (C=O) groups excluding carboxylic acids is 1. The van der Waals surface area contributed by atoms with E-state index in [2.05, 4.69) is 17.1 Å². The lowest BCUT2D eigenvalue weighted by Gasteiger charge is -2.25. The summed E-state index contributed by atoms with van der Waals surface area (Å²) in [5, 5.41) is 11.8. The van der Waals surface area contributed by atoms with Crippen LogP contribution >= 0.6 is 0 Å². The molecule has 0 aliphatic heterocycles. The average molecular weight is 256 g/mol. The van der Waals surface area contributed by atoms with Crippen LogP contribution in [0.2, 0.25) is 0 Å². The molecular weight excluding hydrogens is 232 g/mol. The highest BCUT2D eigenvalue weighted by molar-refractivity contribution is 5.79. The van der Waals surface area contributed by atoms with Crippen LogP contribution < -0.4 is 5.32 Å². The Morgan fingerprint density at radius 2 is 1.78 bits per heavy atom. The number of nitrogens with one attached hydrogen (secondary N) is 1. The van der Waals surface area contributed by atoms with Gasteiger partial charge in [0, 0.05) is 19.0 Å². The van der Waals surface area contributed by atoms with Gasteiger partial charge in [-0.2, -0.15) is 0 Å². The largest absolute Gasteiger partial charge is 0.481 e. The van der Waals surface area contributed by atoms with Crippen LogP contribution in [0.3, 0.4) is 0 Å². The van der Waals surface area contributed by atoms with E-state index in [1.807, 2.05) is 7.05 Å². The number of hydrogen-bond acceptors (Lipinski definition) is 3. The smallest absolute Gasteiger partial charge is 0.306 e. The van der Waals surface area contributed by atoms with Gasteiger partial charge in [0.25, 0.3) is 0 Å². The third-order valence-electron chi connectivity index (χ3n) is 3.78. The van der Waals surface area contributed by atoms with E-state index in [0.717, 1.165) is 13.1 Å². The molecule has 0 saturated heterocycles. The second-order valence-corrected chi connectivity index (χ2v) is 5.07. The number of hydrogen-bond donors (Lipinski definition) is 2. The van der Waals surface area contributed by atoms with Crippen molar-refractivity contribution in [3.05, 3.63) is 0 Å². The molecular formula is C13H24N2O3. The van der Waals surface area contributed by atoms with Crippen molar-refractivity contribution >= 4 is 11.9 Å². The molecule has 0 unspecified atom stereocenters. The van der Waals surface area contributed by atoms with Crippen LogP contribution in [0.15, 0.2) is 0 Å². The number of carboxylic acid groups (broad SMARTS) is 1. The van der Waals surface area contributed by atoms with Crippen LogP contribution in [0.25, 0.3) is 0 Å². The maximum Gasteiger partial charge on any atom is 0.306 e. The zero-order valence-electron chi connectivity index (χ0n) is 11.3. The summed E-state index contributed by atoms with van der Waals surface area (Å²) >= 11 is 0. The lowest BCUT2D eigenvalue weighted by atomic mass is 9.81. The zero-order valence-corrected chi connectivity index (χ0v) is 11.3. The average Bonchev–Trinajstić information content (AvgIpc) is 2.38. The van der Waals surface area contributed by atoms with Crippen LogP contribution in [-0.4, -0.2) is 48.6 Å². The Bertz CT molecular complexity index is 286. The fourth-order valence-corrected chi connectivity index (χ4v) is 2.27. The Morgan fingerprint density at radius 1 is 1.22 bits per heavy atom. The third-order valence-corrected chi connectivity index (χ3v) is 3.78. The van der Waals surface area contributed by atoms with Gasteiger partial charge in [-0.25, -0.2) is 0 Å². The van der Waals surface area contributed by atoms with E-state index in [1.165, 1.54) is 0 Å².